The molecule has 4 heteroatoms. The molecular formula is C54H36N2O2. The Kier molecular flexibility index (Phi) is 7.09. The molecule has 3 atom stereocenters. The fourth-order valence-electron chi connectivity index (χ4n) is 10.3. The first-order chi connectivity index (χ1) is 28.7. The summed E-state index contributed by atoms with van der Waals surface area (Å²) in [6, 6.07) is 64.5. The molecule has 0 radical (unpaired) electrons. The molecule has 58 heavy (non-hydrogen) atoms. The minimum absolute atomic E-state index is 0.0356. The van der Waals surface area contributed by atoms with Gasteiger partial charge in [-0.1, -0.05) is 170 Å². The second-order valence-corrected chi connectivity index (χ2v) is 15.6. The van der Waals surface area contributed by atoms with Crippen molar-refractivity contribution in [1.29, 1.82) is 0 Å². The SMILES string of the molecule is O=c1c2oc(-c3ccccc3)cc2c2cccc3c2n1-c1ccccc1C31c2cc(-c3ccccc3)ccc2N(c2ccc(-c3ccccc3)cc2)C2C=CC=CC21. The summed E-state index contributed by atoms with van der Waals surface area (Å²) in [6.07, 6.45) is 9.17. The zero-order valence-electron chi connectivity index (χ0n) is 31.5. The third kappa shape index (κ3) is 4.54. The van der Waals surface area contributed by atoms with Crippen molar-refractivity contribution in [2.24, 2.45) is 5.92 Å². The van der Waals surface area contributed by atoms with Crippen LogP contribution in [0.5, 0.6) is 0 Å². The lowest BCUT2D eigenvalue weighted by Gasteiger charge is -2.55. The Balaban J connectivity index is 1.19. The normalized spacial score (nSPS) is 18.7. The van der Waals surface area contributed by atoms with E-state index >= 15 is 4.79 Å². The van der Waals surface area contributed by atoms with Crippen LogP contribution in [0.4, 0.5) is 11.4 Å². The molecule has 274 valence electrons. The standard InChI is InChI=1S/C54H36N2O2/c57-53-52-42(34-50(58-52)38-19-8-3-9-20-38)41-21-14-24-45-51(41)56(53)48-26-13-11-23-44(48)54(45)43-22-10-12-25-47(43)55(40-30-27-37(28-31-40)35-15-4-1-5-16-35)49-32-29-39(33-46(49)54)36-17-6-2-7-18-36/h1-34,43,47H. The summed E-state index contributed by atoms with van der Waals surface area (Å²) in [4.78, 5) is 17.5. The molecule has 1 spiro atoms. The van der Waals surface area contributed by atoms with E-state index in [0.717, 1.165) is 61.2 Å². The number of allylic oxidation sites excluding steroid dienone is 2. The molecule has 0 saturated heterocycles. The topological polar surface area (TPSA) is 38.4 Å². The van der Waals surface area contributed by atoms with Crippen LogP contribution in [0.1, 0.15) is 16.7 Å². The highest BCUT2D eigenvalue weighted by molar-refractivity contribution is 6.08. The summed E-state index contributed by atoms with van der Waals surface area (Å²) in [5.41, 5.74) is 12.7. The van der Waals surface area contributed by atoms with Gasteiger partial charge in [0.2, 0.25) is 5.58 Å². The van der Waals surface area contributed by atoms with Gasteiger partial charge in [0.05, 0.1) is 22.7 Å². The van der Waals surface area contributed by atoms with Gasteiger partial charge in [0.15, 0.2) is 0 Å². The Morgan fingerprint density at radius 3 is 1.86 bits per heavy atom. The lowest BCUT2D eigenvalue weighted by Crippen LogP contribution is -2.55. The van der Waals surface area contributed by atoms with Crippen molar-refractivity contribution in [3.05, 3.63) is 233 Å². The summed E-state index contributed by atoms with van der Waals surface area (Å²) >= 11 is 0. The summed E-state index contributed by atoms with van der Waals surface area (Å²) in [7, 11) is 0. The lowest BCUT2D eigenvalue weighted by molar-refractivity contribution is 0.383. The molecule has 2 aromatic heterocycles. The van der Waals surface area contributed by atoms with Gasteiger partial charge < -0.3 is 9.32 Å². The number of nitrogens with zero attached hydrogens (tertiary/aromatic N) is 2. The number of pyridine rings is 1. The van der Waals surface area contributed by atoms with Crippen LogP contribution in [0.2, 0.25) is 0 Å². The first-order valence-electron chi connectivity index (χ1n) is 20.0. The lowest BCUT2D eigenvalue weighted by atomic mass is 9.55. The smallest absolute Gasteiger partial charge is 0.299 e. The van der Waals surface area contributed by atoms with E-state index in [4.69, 9.17) is 4.42 Å². The number of para-hydroxylation sites is 2. The van der Waals surface area contributed by atoms with Gasteiger partial charge in [-0.15, -0.1) is 0 Å². The van der Waals surface area contributed by atoms with Crippen molar-refractivity contribution in [1.82, 2.24) is 4.57 Å². The second kappa shape index (κ2) is 12.5. The molecule has 0 N–H and O–H groups in total. The van der Waals surface area contributed by atoms with Crippen LogP contribution in [0.3, 0.4) is 0 Å². The monoisotopic (exact) mass is 744 g/mol. The van der Waals surface area contributed by atoms with Gasteiger partial charge in [0, 0.05) is 33.6 Å². The average molecular weight is 745 g/mol. The molecule has 0 amide bonds. The number of rotatable bonds is 4. The Morgan fingerprint density at radius 2 is 1.10 bits per heavy atom. The third-order valence-corrected chi connectivity index (χ3v) is 12.7. The Hall–Kier alpha value is -7.43. The quantitative estimate of drug-likeness (QED) is 0.180. The number of benzene rings is 7. The van der Waals surface area contributed by atoms with Crippen LogP contribution < -0.4 is 10.5 Å². The van der Waals surface area contributed by atoms with E-state index in [-0.39, 0.29) is 17.5 Å². The summed E-state index contributed by atoms with van der Waals surface area (Å²) < 4.78 is 8.43. The molecular weight excluding hydrogens is 709 g/mol. The molecule has 1 aliphatic carbocycles. The van der Waals surface area contributed by atoms with Crippen LogP contribution in [-0.2, 0) is 5.41 Å². The van der Waals surface area contributed by atoms with Crippen LogP contribution >= 0.6 is 0 Å². The van der Waals surface area contributed by atoms with E-state index < -0.39 is 5.41 Å². The molecule has 12 rings (SSSR count). The van der Waals surface area contributed by atoms with Gasteiger partial charge in [-0.3, -0.25) is 9.36 Å². The van der Waals surface area contributed by atoms with E-state index in [1.807, 2.05) is 34.9 Å². The summed E-state index contributed by atoms with van der Waals surface area (Å²) in [6.45, 7) is 0. The maximum absolute atomic E-state index is 15.0. The van der Waals surface area contributed by atoms with Crippen molar-refractivity contribution in [2.45, 2.75) is 11.5 Å². The molecule has 4 nitrogen and oxygen atoms in total. The fourth-order valence-corrected chi connectivity index (χ4v) is 10.3. The minimum Gasteiger partial charge on any atom is -0.450 e. The predicted octanol–water partition coefficient (Wildman–Crippen LogP) is 12.6. The van der Waals surface area contributed by atoms with Gasteiger partial charge in [-0.25, -0.2) is 0 Å². The highest BCUT2D eigenvalue weighted by Crippen LogP contribution is 2.61. The van der Waals surface area contributed by atoms with Gasteiger partial charge in [0.25, 0.3) is 5.56 Å². The Bertz CT molecular complexity index is 3200. The number of aromatic nitrogens is 1. The molecule has 3 aliphatic rings. The van der Waals surface area contributed by atoms with Crippen molar-refractivity contribution in [3.63, 3.8) is 0 Å². The van der Waals surface area contributed by atoms with Crippen LogP contribution in [0.25, 0.3) is 61.1 Å². The summed E-state index contributed by atoms with van der Waals surface area (Å²) in [5, 5.41) is 1.83. The fraction of sp³-hybridized carbons (Fsp3) is 0.0556. The molecule has 7 aromatic carbocycles. The number of furan rings is 1. The van der Waals surface area contributed by atoms with E-state index in [1.54, 1.807) is 0 Å². The van der Waals surface area contributed by atoms with Crippen molar-refractivity contribution in [3.8, 4) is 39.3 Å². The Morgan fingerprint density at radius 1 is 0.483 bits per heavy atom. The Labute approximate surface area is 335 Å². The number of hydrogen-bond acceptors (Lipinski definition) is 3. The maximum Gasteiger partial charge on any atom is 0.299 e. The highest BCUT2D eigenvalue weighted by atomic mass is 16.3. The van der Waals surface area contributed by atoms with Crippen LogP contribution in [0, 0.1) is 5.92 Å². The van der Waals surface area contributed by atoms with E-state index in [2.05, 4.69) is 181 Å². The first-order valence-corrected chi connectivity index (χ1v) is 20.0. The van der Waals surface area contributed by atoms with E-state index in [0.29, 0.717) is 11.3 Å². The molecule has 4 heterocycles. The number of fused-ring (bicyclic) bond motifs is 10. The minimum atomic E-state index is -0.672. The van der Waals surface area contributed by atoms with Gasteiger partial charge in [-0.05, 0) is 75.3 Å². The second-order valence-electron chi connectivity index (χ2n) is 15.6. The summed E-state index contributed by atoms with van der Waals surface area (Å²) in [5.74, 6) is 0.643. The van der Waals surface area contributed by atoms with Gasteiger partial charge >= 0.3 is 0 Å². The van der Waals surface area contributed by atoms with Crippen molar-refractivity contribution >= 4 is 33.2 Å². The molecule has 3 unspecified atom stereocenters. The first kappa shape index (κ1) is 32.8. The third-order valence-electron chi connectivity index (χ3n) is 12.7. The van der Waals surface area contributed by atoms with Crippen LogP contribution in [0.15, 0.2) is 216 Å². The number of anilines is 2. The van der Waals surface area contributed by atoms with Crippen molar-refractivity contribution < 1.29 is 4.42 Å². The molecule has 9 aromatic rings. The maximum atomic E-state index is 15.0. The average Bonchev–Trinajstić information content (AvgIpc) is 3.76. The molecule has 2 aliphatic heterocycles. The largest absolute Gasteiger partial charge is 0.450 e. The molecule has 0 bridgehead atoms. The van der Waals surface area contributed by atoms with Crippen molar-refractivity contribution in [2.75, 3.05) is 4.90 Å². The van der Waals surface area contributed by atoms with Gasteiger partial charge in [-0.2, -0.15) is 0 Å². The zero-order valence-corrected chi connectivity index (χ0v) is 31.5. The van der Waals surface area contributed by atoms with Gasteiger partial charge in [0.1, 0.15) is 5.76 Å². The molecule has 0 fully saturated rings. The van der Waals surface area contributed by atoms with Crippen LogP contribution in [-0.4, -0.2) is 10.6 Å². The van der Waals surface area contributed by atoms with E-state index in [1.165, 1.54) is 16.7 Å². The number of hydrogen-bond donors (Lipinski definition) is 0. The van der Waals surface area contributed by atoms with E-state index in [9.17, 15) is 0 Å². The zero-order chi connectivity index (χ0) is 38.4. The highest BCUT2D eigenvalue weighted by Gasteiger charge is 2.56. The predicted molar refractivity (Wildman–Crippen MR) is 236 cm³/mol. The molecule has 0 saturated carbocycles.